The quantitative estimate of drug-likeness (QED) is 0.558. The van der Waals surface area contributed by atoms with Crippen molar-refractivity contribution >= 4 is 11.9 Å². The van der Waals surface area contributed by atoms with Gasteiger partial charge in [-0.1, -0.05) is 13.8 Å². The Morgan fingerprint density at radius 2 is 2.00 bits per heavy atom. The van der Waals surface area contributed by atoms with Crippen LogP contribution in [0.2, 0.25) is 0 Å². The van der Waals surface area contributed by atoms with E-state index in [-0.39, 0.29) is 18.9 Å². The van der Waals surface area contributed by atoms with E-state index in [1.54, 1.807) is 0 Å². The highest BCUT2D eigenvalue weighted by Gasteiger charge is 2.17. The first-order valence-electron chi connectivity index (χ1n) is 5.64. The summed E-state index contributed by atoms with van der Waals surface area (Å²) < 4.78 is 4.94. The molecule has 100 valence electrons. The molecule has 0 rings (SSSR count). The minimum absolute atomic E-state index is 0.143. The molecule has 0 aliphatic heterocycles. The van der Waals surface area contributed by atoms with E-state index in [1.807, 2.05) is 13.8 Å². The van der Waals surface area contributed by atoms with Gasteiger partial charge in [0.25, 0.3) is 0 Å². The lowest BCUT2D eigenvalue weighted by Crippen LogP contribution is -2.44. The lowest BCUT2D eigenvalue weighted by molar-refractivity contribution is -0.140. The smallest absolute Gasteiger partial charge is 0.306 e. The zero-order valence-electron chi connectivity index (χ0n) is 10.6. The van der Waals surface area contributed by atoms with Crippen molar-refractivity contribution in [2.45, 2.75) is 38.8 Å². The van der Waals surface area contributed by atoms with E-state index < -0.39 is 18.1 Å². The third-order valence-corrected chi connectivity index (χ3v) is 2.30. The second-order valence-corrected chi connectivity index (χ2v) is 4.44. The van der Waals surface area contributed by atoms with E-state index in [9.17, 15) is 9.59 Å². The van der Waals surface area contributed by atoms with Crippen LogP contribution in [0.5, 0.6) is 0 Å². The number of amides is 1. The maximum atomic E-state index is 11.5. The van der Waals surface area contributed by atoms with Gasteiger partial charge in [0.1, 0.15) is 0 Å². The number of carbonyl (C=O) groups is 2. The largest absolute Gasteiger partial charge is 0.481 e. The van der Waals surface area contributed by atoms with Gasteiger partial charge in [0.05, 0.1) is 18.6 Å². The molecule has 0 fully saturated rings. The number of ether oxygens (including phenoxy) is 1. The van der Waals surface area contributed by atoms with Crippen LogP contribution in [-0.4, -0.2) is 42.8 Å². The fraction of sp³-hybridized carbons (Fsp3) is 0.818. The number of carbonyl (C=O) groups excluding carboxylic acids is 1. The Morgan fingerprint density at radius 3 is 2.41 bits per heavy atom. The predicted molar refractivity (Wildman–Crippen MR) is 63.5 cm³/mol. The van der Waals surface area contributed by atoms with Crippen LogP contribution in [0.1, 0.15) is 26.7 Å². The van der Waals surface area contributed by atoms with Crippen molar-refractivity contribution in [1.82, 2.24) is 5.32 Å². The zero-order chi connectivity index (χ0) is 13.4. The number of rotatable bonds is 8. The average Bonchev–Trinajstić information content (AvgIpc) is 2.22. The molecule has 6 nitrogen and oxygen atoms in total. The van der Waals surface area contributed by atoms with E-state index >= 15 is 0 Å². The molecule has 4 N–H and O–H groups in total. The summed E-state index contributed by atoms with van der Waals surface area (Å²) in [5, 5.41) is 11.2. The van der Waals surface area contributed by atoms with Gasteiger partial charge in [0, 0.05) is 13.7 Å². The number of carboxylic acid groups (broad SMARTS) is 1. The Hall–Kier alpha value is -1.14. The van der Waals surface area contributed by atoms with Crippen molar-refractivity contribution < 1.29 is 19.4 Å². The number of carboxylic acids is 1. The lowest BCUT2D eigenvalue weighted by Gasteiger charge is -2.17. The summed E-state index contributed by atoms with van der Waals surface area (Å²) in [4.78, 5) is 22.0. The minimum Gasteiger partial charge on any atom is -0.481 e. The summed E-state index contributed by atoms with van der Waals surface area (Å²) in [6, 6.07) is -0.558. The maximum absolute atomic E-state index is 11.5. The molecule has 6 heteroatoms. The van der Waals surface area contributed by atoms with Gasteiger partial charge in [0.15, 0.2) is 0 Å². The summed E-state index contributed by atoms with van der Waals surface area (Å²) in [6.45, 7) is 4.12. The van der Waals surface area contributed by atoms with Gasteiger partial charge < -0.3 is 20.9 Å². The van der Waals surface area contributed by atoms with Crippen LogP contribution in [0.25, 0.3) is 0 Å². The van der Waals surface area contributed by atoms with Crippen molar-refractivity contribution in [2.75, 3.05) is 13.7 Å². The number of hydrogen-bond donors (Lipinski definition) is 3. The van der Waals surface area contributed by atoms with Crippen LogP contribution < -0.4 is 11.1 Å². The van der Waals surface area contributed by atoms with Gasteiger partial charge in [-0.3, -0.25) is 9.59 Å². The second-order valence-electron chi connectivity index (χ2n) is 4.44. The SMILES string of the molecule is COC(CNC(=O)[C@@H](N)CC(C)C)CC(=O)O. The van der Waals surface area contributed by atoms with Gasteiger partial charge in [-0.2, -0.15) is 0 Å². The van der Waals surface area contributed by atoms with Gasteiger partial charge in [0.2, 0.25) is 5.91 Å². The monoisotopic (exact) mass is 246 g/mol. The fourth-order valence-corrected chi connectivity index (χ4v) is 1.39. The Labute approximate surface area is 102 Å². The Kier molecular flexibility index (Phi) is 7.49. The van der Waals surface area contributed by atoms with Gasteiger partial charge in [-0.25, -0.2) is 0 Å². The van der Waals surface area contributed by atoms with E-state index in [4.69, 9.17) is 15.6 Å². The topological polar surface area (TPSA) is 102 Å². The van der Waals surface area contributed by atoms with Crippen molar-refractivity contribution in [1.29, 1.82) is 0 Å². The van der Waals surface area contributed by atoms with E-state index in [0.29, 0.717) is 12.3 Å². The minimum atomic E-state index is -0.961. The number of methoxy groups -OCH3 is 1. The first-order valence-corrected chi connectivity index (χ1v) is 5.64. The summed E-state index contributed by atoms with van der Waals surface area (Å²) in [7, 11) is 1.41. The molecule has 0 saturated heterocycles. The second kappa shape index (κ2) is 8.03. The molecule has 0 heterocycles. The predicted octanol–water partition coefficient (Wildman–Crippen LogP) is -0.0343. The Balaban J connectivity index is 3.99. The first kappa shape index (κ1) is 15.9. The van der Waals surface area contributed by atoms with Crippen LogP contribution in [0, 0.1) is 5.92 Å². The van der Waals surface area contributed by atoms with E-state index in [2.05, 4.69) is 5.32 Å². The molecule has 0 aliphatic carbocycles. The molecule has 0 aromatic heterocycles. The van der Waals surface area contributed by atoms with E-state index in [1.165, 1.54) is 7.11 Å². The van der Waals surface area contributed by atoms with Gasteiger partial charge in [-0.05, 0) is 12.3 Å². The molecule has 1 unspecified atom stereocenters. The Bertz CT molecular complexity index is 256. The lowest BCUT2D eigenvalue weighted by atomic mass is 10.0. The summed E-state index contributed by atoms with van der Waals surface area (Å²) >= 11 is 0. The average molecular weight is 246 g/mol. The summed E-state index contributed by atoms with van der Waals surface area (Å²) in [5.74, 6) is -0.892. The highest BCUT2D eigenvalue weighted by molar-refractivity contribution is 5.81. The molecule has 0 radical (unpaired) electrons. The third kappa shape index (κ3) is 7.70. The molecular weight excluding hydrogens is 224 g/mol. The number of nitrogens with two attached hydrogens (primary N) is 1. The molecule has 2 atom stereocenters. The van der Waals surface area contributed by atoms with Crippen molar-refractivity contribution in [2.24, 2.45) is 11.7 Å². The standard InChI is InChI=1S/C11H22N2O4/c1-7(2)4-9(12)11(16)13-6-8(17-3)5-10(14)15/h7-9H,4-6,12H2,1-3H3,(H,13,16)(H,14,15)/t8?,9-/m0/s1. The molecule has 0 aliphatic rings. The van der Waals surface area contributed by atoms with Crippen LogP contribution in [-0.2, 0) is 14.3 Å². The number of nitrogens with one attached hydrogen (secondary N) is 1. The molecule has 0 bridgehead atoms. The van der Waals surface area contributed by atoms with Gasteiger partial charge in [-0.15, -0.1) is 0 Å². The summed E-state index contributed by atoms with van der Waals surface area (Å²) in [6.07, 6.45) is -0.0683. The molecule has 1 amide bonds. The van der Waals surface area contributed by atoms with Crippen LogP contribution in [0.4, 0.5) is 0 Å². The maximum Gasteiger partial charge on any atom is 0.306 e. The molecule has 17 heavy (non-hydrogen) atoms. The first-order chi connectivity index (χ1) is 7.86. The molecule has 0 spiro atoms. The summed E-state index contributed by atoms with van der Waals surface area (Å²) in [5.41, 5.74) is 5.68. The normalized spacial score (nSPS) is 14.4. The van der Waals surface area contributed by atoms with Crippen LogP contribution in [0.3, 0.4) is 0 Å². The third-order valence-electron chi connectivity index (χ3n) is 2.30. The highest BCUT2D eigenvalue weighted by atomic mass is 16.5. The molecule has 0 aromatic carbocycles. The van der Waals surface area contributed by atoms with Crippen LogP contribution in [0.15, 0.2) is 0 Å². The van der Waals surface area contributed by atoms with Crippen molar-refractivity contribution in [3.63, 3.8) is 0 Å². The molecular formula is C11H22N2O4. The van der Waals surface area contributed by atoms with Crippen LogP contribution >= 0.6 is 0 Å². The zero-order valence-corrected chi connectivity index (χ0v) is 10.6. The van der Waals surface area contributed by atoms with Crippen molar-refractivity contribution in [3.8, 4) is 0 Å². The number of hydrogen-bond acceptors (Lipinski definition) is 4. The number of aliphatic carboxylic acids is 1. The fourth-order valence-electron chi connectivity index (χ4n) is 1.39. The molecule has 0 saturated carbocycles. The Morgan fingerprint density at radius 1 is 1.41 bits per heavy atom. The van der Waals surface area contributed by atoms with Crippen molar-refractivity contribution in [3.05, 3.63) is 0 Å². The van der Waals surface area contributed by atoms with Gasteiger partial charge >= 0.3 is 5.97 Å². The highest BCUT2D eigenvalue weighted by Crippen LogP contribution is 2.03. The van der Waals surface area contributed by atoms with E-state index in [0.717, 1.165) is 0 Å². The molecule has 0 aromatic rings.